The van der Waals surface area contributed by atoms with Crippen LogP contribution in [0.4, 0.5) is 10.1 Å². The number of anilines is 1. The predicted octanol–water partition coefficient (Wildman–Crippen LogP) is 2.13. The zero-order valence-electron chi connectivity index (χ0n) is 6.80. The van der Waals surface area contributed by atoms with Gasteiger partial charge in [-0.1, -0.05) is 0 Å². The van der Waals surface area contributed by atoms with E-state index in [0.29, 0.717) is 17.9 Å². The van der Waals surface area contributed by atoms with Crippen molar-refractivity contribution in [2.24, 2.45) is 0 Å². The summed E-state index contributed by atoms with van der Waals surface area (Å²) in [5.41, 5.74) is 1.58. The fraction of sp³-hybridized carbons (Fsp3) is 0.333. The van der Waals surface area contributed by atoms with E-state index in [0.717, 1.165) is 5.69 Å². The maximum absolute atomic E-state index is 13.1. The average Bonchev–Trinajstić information content (AvgIpc) is 2.47. The van der Waals surface area contributed by atoms with E-state index >= 15 is 0 Å². The van der Waals surface area contributed by atoms with E-state index in [1.807, 2.05) is 12.1 Å². The molecule has 1 aliphatic rings. The highest BCUT2D eigenvalue weighted by molar-refractivity contribution is 5.59. The maximum Gasteiger partial charge on any atom is 0.144 e. The molecule has 1 N–H and O–H groups in total. The van der Waals surface area contributed by atoms with Crippen LogP contribution < -0.4 is 10.1 Å². The van der Waals surface area contributed by atoms with Gasteiger partial charge in [0.15, 0.2) is 0 Å². The quantitative estimate of drug-likeness (QED) is 0.691. The second-order valence-corrected chi connectivity index (χ2v) is 2.80. The molecule has 0 radical (unpaired) electrons. The molecular weight excluding hydrogens is 157 g/mol. The number of halogens is 1. The predicted molar refractivity (Wildman–Crippen MR) is 45.3 cm³/mol. The first kappa shape index (κ1) is 7.40. The molecule has 1 atom stereocenters. The van der Waals surface area contributed by atoms with Crippen LogP contribution in [0.3, 0.4) is 0 Å². The Hall–Kier alpha value is -1.25. The third kappa shape index (κ3) is 1.02. The lowest BCUT2D eigenvalue weighted by atomic mass is 10.1. The fourth-order valence-corrected chi connectivity index (χ4v) is 1.40. The first-order chi connectivity index (χ1) is 5.81. The molecule has 0 saturated heterocycles. The number of rotatable bonds is 1. The van der Waals surface area contributed by atoms with Crippen LogP contribution in [0, 0.1) is 0 Å². The van der Waals surface area contributed by atoms with Crippen molar-refractivity contribution in [2.75, 3.05) is 19.0 Å². The minimum atomic E-state index is -0.893. The van der Waals surface area contributed by atoms with Crippen molar-refractivity contribution >= 4 is 5.69 Å². The van der Waals surface area contributed by atoms with Crippen molar-refractivity contribution < 1.29 is 9.13 Å². The molecule has 1 aliphatic heterocycles. The maximum atomic E-state index is 13.1. The van der Waals surface area contributed by atoms with Crippen LogP contribution in [-0.4, -0.2) is 13.7 Å². The van der Waals surface area contributed by atoms with Gasteiger partial charge in [0.1, 0.15) is 11.9 Å². The van der Waals surface area contributed by atoms with Crippen molar-refractivity contribution in [1.29, 1.82) is 0 Å². The second-order valence-electron chi connectivity index (χ2n) is 2.80. The monoisotopic (exact) mass is 167 g/mol. The van der Waals surface area contributed by atoms with Gasteiger partial charge >= 0.3 is 0 Å². The third-order valence-electron chi connectivity index (χ3n) is 2.07. The number of fused-ring (bicyclic) bond motifs is 1. The van der Waals surface area contributed by atoms with Gasteiger partial charge < -0.3 is 10.1 Å². The first-order valence-corrected chi connectivity index (χ1v) is 3.87. The van der Waals surface area contributed by atoms with Gasteiger partial charge in [0, 0.05) is 11.3 Å². The molecule has 0 aliphatic carbocycles. The molecule has 1 aromatic rings. The Labute approximate surface area is 70.3 Å². The molecule has 0 spiro atoms. The van der Waals surface area contributed by atoms with Gasteiger partial charge in [-0.25, -0.2) is 4.39 Å². The molecule has 2 nitrogen and oxygen atoms in total. The number of hydrogen-bond donors (Lipinski definition) is 1. The molecule has 1 heterocycles. The minimum Gasteiger partial charge on any atom is -0.497 e. The Morgan fingerprint density at radius 1 is 1.58 bits per heavy atom. The largest absolute Gasteiger partial charge is 0.497 e. The highest BCUT2D eigenvalue weighted by Gasteiger charge is 2.21. The molecule has 0 bridgehead atoms. The number of nitrogens with one attached hydrogen (secondary N) is 1. The van der Waals surface area contributed by atoms with Crippen LogP contribution in [0.15, 0.2) is 18.2 Å². The van der Waals surface area contributed by atoms with Gasteiger partial charge in [-0.3, -0.25) is 0 Å². The lowest BCUT2D eigenvalue weighted by molar-refractivity contribution is 0.370. The Balaban J connectivity index is 2.43. The van der Waals surface area contributed by atoms with Gasteiger partial charge in [-0.2, -0.15) is 0 Å². The summed E-state index contributed by atoms with van der Waals surface area (Å²) in [4.78, 5) is 0. The van der Waals surface area contributed by atoms with Crippen LogP contribution in [0.1, 0.15) is 11.7 Å². The smallest absolute Gasteiger partial charge is 0.144 e. The van der Waals surface area contributed by atoms with E-state index in [9.17, 15) is 4.39 Å². The molecule has 64 valence electrons. The number of ether oxygens (including phenoxy) is 1. The van der Waals surface area contributed by atoms with Gasteiger partial charge in [0.25, 0.3) is 0 Å². The van der Waals surface area contributed by atoms with Crippen molar-refractivity contribution in [2.45, 2.75) is 6.17 Å². The fourth-order valence-electron chi connectivity index (χ4n) is 1.40. The summed E-state index contributed by atoms with van der Waals surface area (Å²) in [5.74, 6) is 0.708. The van der Waals surface area contributed by atoms with E-state index in [1.165, 1.54) is 0 Å². The summed E-state index contributed by atoms with van der Waals surface area (Å²) in [7, 11) is 1.58. The summed E-state index contributed by atoms with van der Waals surface area (Å²) < 4.78 is 18.1. The average molecular weight is 167 g/mol. The van der Waals surface area contributed by atoms with E-state index in [-0.39, 0.29) is 0 Å². The van der Waals surface area contributed by atoms with E-state index in [2.05, 4.69) is 5.32 Å². The van der Waals surface area contributed by atoms with E-state index in [4.69, 9.17) is 4.74 Å². The van der Waals surface area contributed by atoms with Crippen molar-refractivity contribution in [1.82, 2.24) is 0 Å². The summed E-state index contributed by atoms with van der Waals surface area (Å²) in [6, 6.07) is 5.40. The topological polar surface area (TPSA) is 21.3 Å². The molecule has 0 aromatic heterocycles. The molecule has 0 fully saturated rings. The lowest BCUT2D eigenvalue weighted by Crippen LogP contribution is -1.94. The molecule has 1 aromatic carbocycles. The number of methoxy groups -OCH3 is 1. The molecule has 2 rings (SSSR count). The molecular formula is C9H10FNO. The Kier molecular flexibility index (Phi) is 1.64. The highest BCUT2D eigenvalue weighted by atomic mass is 19.1. The molecule has 0 amide bonds. The Morgan fingerprint density at radius 2 is 2.42 bits per heavy atom. The van der Waals surface area contributed by atoms with Crippen LogP contribution in [0.5, 0.6) is 5.75 Å². The van der Waals surface area contributed by atoms with Crippen molar-refractivity contribution in [3.05, 3.63) is 23.8 Å². The normalized spacial score (nSPS) is 20.0. The summed E-state index contributed by atoms with van der Waals surface area (Å²) in [5, 5.41) is 2.97. The molecule has 0 saturated carbocycles. The van der Waals surface area contributed by atoms with Crippen LogP contribution in [-0.2, 0) is 0 Å². The zero-order chi connectivity index (χ0) is 8.55. The number of benzene rings is 1. The van der Waals surface area contributed by atoms with Crippen LogP contribution >= 0.6 is 0 Å². The number of hydrogen-bond acceptors (Lipinski definition) is 2. The summed E-state index contributed by atoms with van der Waals surface area (Å²) in [6.45, 7) is 0.377. The third-order valence-corrected chi connectivity index (χ3v) is 2.07. The van der Waals surface area contributed by atoms with Crippen LogP contribution in [0.25, 0.3) is 0 Å². The molecule has 1 unspecified atom stereocenters. The first-order valence-electron chi connectivity index (χ1n) is 3.87. The Bertz CT molecular complexity index is 301. The standard InChI is InChI=1S/C9H10FNO/c1-12-6-2-3-9-7(4-6)8(10)5-11-9/h2-4,8,11H,5H2,1H3. The highest BCUT2D eigenvalue weighted by Crippen LogP contribution is 2.34. The summed E-state index contributed by atoms with van der Waals surface area (Å²) in [6.07, 6.45) is -0.893. The van der Waals surface area contributed by atoms with Crippen molar-refractivity contribution in [3.8, 4) is 5.75 Å². The second kappa shape index (κ2) is 2.66. The molecule has 3 heteroatoms. The minimum absolute atomic E-state index is 0.377. The lowest BCUT2D eigenvalue weighted by Gasteiger charge is -2.03. The van der Waals surface area contributed by atoms with Gasteiger partial charge in [0.05, 0.1) is 13.7 Å². The zero-order valence-corrected chi connectivity index (χ0v) is 6.80. The van der Waals surface area contributed by atoms with Gasteiger partial charge in [0.2, 0.25) is 0 Å². The number of alkyl halides is 1. The van der Waals surface area contributed by atoms with E-state index in [1.54, 1.807) is 13.2 Å². The van der Waals surface area contributed by atoms with Crippen LogP contribution in [0.2, 0.25) is 0 Å². The SMILES string of the molecule is COc1ccc2c(c1)C(F)CN2. The Morgan fingerprint density at radius 3 is 3.17 bits per heavy atom. The van der Waals surface area contributed by atoms with Crippen molar-refractivity contribution in [3.63, 3.8) is 0 Å². The van der Waals surface area contributed by atoms with Gasteiger partial charge in [-0.05, 0) is 18.2 Å². The molecule has 12 heavy (non-hydrogen) atoms. The van der Waals surface area contributed by atoms with Gasteiger partial charge in [-0.15, -0.1) is 0 Å². The van der Waals surface area contributed by atoms with E-state index < -0.39 is 6.17 Å². The summed E-state index contributed by atoms with van der Waals surface area (Å²) >= 11 is 0.